The molecule has 172 valence electrons. The van der Waals surface area contributed by atoms with Crippen LogP contribution in [0.15, 0.2) is 6.33 Å². The molecule has 2 fully saturated rings. The Kier molecular flexibility index (Phi) is 7.11. The SMILES string of the molecule is CCOC(=O)NC(=S)Nc1c(C(=O)OCC)ncn1[C@@H]1O[C@H](CO)[C@H]2OC(C)(C)O[C@H]21. The summed E-state index contributed by atoms with van der Waals surface area (Å²) in [5, 5.41) is 14.7. The van der Waals surface area contributed by atoms with Crippen LogP contribution in [0, 0.1) is 0 Å². The summed E-state index contributed by atoms with van der Waals surface area (Å²) in [5.74, 6) is -1.46. The van der Waals surface area contributed by atoms with Gasteiger partial charge < -0.3 is 34.1 Å². The number of anilines is 1. The Morgan fingerprint density at radius 1 is 1.26 bits per heavy atom. The molecule has 4 atom stereocenters. The minimum absolute atomic E-state index is 0.0689. The van der Waals surface area contributed by atoms with Crippen molar-refractivity contribution in [1.82, 2.24) is 14.9 Å². The van der Waals surface area contributed by atoms with Crippen molar-refractivity contribution in [3.63, 3.8) is 0 Å². The summed E-state index contributed by atoms with van der Waals surface area (Å²) >= 11 is 5.16. The number of fused-ring (bicyclic) bond motifs is 1. The number of nitrogens with one attached hydrogen (secondary N) is 2. The van der Waals surface area contributed by atoms with Crippen LogP contribution in [-0.2, 0) is 23.7 Å². The van der Waals surface area contributed by atoms with Crippen molar-refractivity contribution >= 4 is 35.2 Å². The number of aliphatic hydroxyl groups is 1. The molecule has 0 unspecified atom stereocenters. The number of rotatable bonds is 6. The third kappa shape index (κ3) is 4.96. The van der Waals surface area contributed by atoms with Crippen molar-refractivity contribution in [2.24, 2.45) is 0 Å². The number of imidazole rings is 1. The van der Waals surface area contributed by atoms with Gasteiger partial charge in [0, 0.05) is 0 Å². The van der Waals surface area contributed by atoms with E-state index in [1.165, 1.54) is 10.9 Å². The molecule has 2 aliphatic rings. The molecule has 0 radical (unpaired) electrons. The molecule has 13 heteroatoms. The molecule has 3 N–H and O–H groups in total. The highest BCUT2D eigenvalue weighted by Crippen LogP contribution is 2.44. The molecule has 0 aromatic carbocycles. The van der Waals surface area contributed by atoms with Gasteiger partial charge in [-0.3, -0.25) is 9.88 Å². The fourth-order valence-electron chi connectivity index (χ4n) is 3.46. The first-order chi connectivity index (χ1) is 14.7. The maximum Gasteiger partial charge on any atom is 0.413 e. The van der Waals surface area contributed by atoms with Gasteiger partial charge in [-0.1, -0.05) is 0 Å². The van der Waals surface area contributed by atoms with Crippen LogP contribution in [0.3, 0.4) is 0 Å². The fourth-order valence-corrected chi connectivity index (χ4v) is 3.64. The summed E-state index contributed by atoms with van der Waals surface area (Å²) in [6.07, 6.45) is -1.97. The molecule has 3 rings (SSSR count). The number of aliphatic hydroxyl groups excluding tert-OH is 1. The number of carbonyl (C=O) groups excluding carboxylic acids is 2. The second kappa shape index (κ2) is 9.44. The Labute approximate surface area is 184 Å². The van der Waals surface area contributed by atoms with Crippen molar-refractivity contribution in [3.8, 4) is 0 Å². The van der Waals surface area contributed by atoms with Gasteiger partial charge in [0.1, 0.15) is 24.1 Å². The average Bonchev–Trinajstić information content (AvgIpc) is 3.32. The molecule has 3 heterocycles. The minimum atomic E-state index is -0.885. The molecule has 1 aromatic rings. The van der Waals surface area contributed by atoms with Crippen molar-refractivity contribution < 1.29 is 38.4 Å². The van der Waals surface area contributed by atoms with Gasteiger partial charge in [0.15, 0.2) is 22.8 Å². The van der Waals surface area contributed by atoms with Crippen LogP contribution in [0.2, 0.25) is 0 Å². The summed E-state index contributed by atoms with van der Waals surface area (Å²) in [4.78, 5) is 28.2. The van der Waals surface area contributed by atoms with Gasteiger partial charge in [0.25, 0.3) is 0 Å². The summed E-state index contributed by atoms with van der Waals surface area (Å²) in [6.45, 7) is 6.84. The van der Waals surface area contributed by atoms with E-state index >= 15 is 0 Å². The topological polar surface area (TPSA) is 142 Å². The van der Waals surface area contributed by atoms with E-state index in [-0.39, 0.29) is 36.4 Å². The van der Waals surface area contributed by atoms with Gasteiger partial charge in [-0.15, -0.1) is 0 Å². The number of carbonyl (C=O) groups is 2. The molecular weight excluding hydrogens is 432 g/mol. The summed E-state index contributed by atoms with van der Waals surface area (Å²) in [5.41, 5.74) is -0.0689. The average molecular weight is 458 g/mol. The zero-order valence-electron chi connectivity index (χ0n) is 17.6. The van der Waals surface area contributed by atoms with Gasteiger partial charge >= 0.3 is 12.1 Å². The first-order valence-electron chi connectivity index (χ1n) is 9.81. The number of nitrogens with zero attached hydrogens (tertiary/aromatic N) is 2. The quantitative estimate of drug-likeness (QED) is 0.413. The Hall–Kier alpha value is -2.32. The van der Waals surface area contributed by atoms with Gasteiger partial charge in [-0.25, -0.2) is 14.6 Å². The van der Waals surface area contributed by atoms with E-state index in [2.05, 4.69) is 15.6 Å². The number of alkyl carbamates (subject to hydrolysis) is 1. The number of hydrogen-bond donors (Lipinski definition) is 3. The lowest BCUT2D eigenvalue weighted by Gasteiger charge is -2.25. The predicted molar refractivity (Wildman–Crippen MR) is 109 cm³/mol. The van der Waals surface area contributed by atoms with E-state index in [0.29, 0.717) is 0 Å². The van der Waals surface area contributed by atoms with Crippen LogP contribution in [0.4, 0.5) is 10.6 Å². The first-order valence-corrected chi connectivity index (χ1v) is 10.2. The molecule has 2 saturated heterocycles. The molecule has 0 saturated carbocycles. The molecule has 31 heavy (non-hydrogen) atoms. The second-order valence-corrected chi connectivity index (χ2v) is 7.59. The van der Waals surface area contributed by atoms with Crippen LogP contribution < -0.4 is 10.6 Å². The second-order valence-electron chi connectivity index (χ2n) is 7.18. The summed E-state index contributed by atoms with van der Waals surface area (Å²) < 4.78 is 29.1. The standard InChI is InChI=1S/C18H26N4O8S/c1-5-26-15(24)10-13(20-16(31)21-17(25)27-6-2)22(8-19-10)14-12-11(9(7-23)28-14)29-18(3,4)30-12/h8-9,11-12,14,23H,5-7H2,1-4H3,(H2,20,21,25,31)/t9-,11-,12-,14-/m1/s1. The number of aromatic nitrogens is 2. The lowest BCUT2D eigenvalue weighted by molar-refractivity contribution is -0.199. The number of thiocarbonyl (C=S) groups is 1. The number of hydrogen-bond acceptors (Lipinski definition) is 10. The summed E-state index contributed by atoms with van der Waals surface area (Å²) in [6, 6.07) is 0. The van der Waals surface area contributed by atoms with Crippen molar-refractivity contribution in [2.75, 3.05) is 25.1 Å². The maximum atomic E-state index is 12.4. The van der Waals surface area contributed by atoms with Gasteiger partial charge in [0.2, 0.25) is 0 Å². The Bertz CT molecular complexity index is 845. The largest absolute Gasteiger partial charge is 0.461 e. The third-order valence-corrected chi connectivity index (χ3v) is 4.77. The number of amides is 1. The molecule has 0 aliphatic carbocycles. The zero-order valence-corrected chi connectivity index (χ0v) is 18.4. The summed E-state index contributed by atoms with van der Waals surface area (Å²) in [7, 11) is 0. The number of esters is 1. The van der Waals surface area contributed by atoms with E-state index < -0.39 is 42.4 Å². The Balaban J connectivity index is 1.92. The predicted octanol–water partition coefficient (Wildman–Crippen LogP) is 0.912. The normalized spacial score (nSPS) is 26.2. The smallest absolute Gasteiger partial charge is 0.413 e. The maximum absolute atomic E-state index is 12.4. The van der Waals surface area contributed by atoms with E-state index in [1.54, 1.807) is 27.7 Å². The Morgan fingerprint density at radius 3 is 2.58 bits per heavy atom. The molecule has 2 aliphatic heterocycles. The highest BCUT2D eigenvalue weighted by atomic mass is 32.1. The van der Waals surface area contributed by atoms with Crippen molar-refractivity contribution in [2.45, 2.75) is 58.0 Å². The molecule has 0 spiro atoms. The minimum Gasteiger partial charge on any atom is -0.461 e. The highest BCUT2D eigenvalue weighted by molar-refractivity contribution is 7.80. The number of ether oxygens (including phenoxy) is 5. The fraction of sp³-hybridized carbons (Fsp3) is 0.667. The monoisotopic (exact) mass is 458 g/mol. The van der Waals surface area contributed by atoms with Crippen LogP contribution in [0.1, 0.15) is 44.4 Å². The van der Waals surface area contributed by atoms with Crippen LogP contribution in [0.25, 0.3) is 0 Å². The van der Waals surface area contributed by atoms with E-state index in [4.69, 9.17) is 35.9 Å². The van der Waals surface area contributed by atoms with Crippen LogP contribution in [0.5, 0.6) is 0 Å². The first kappa shape index (κ1) is 23.3. The Morgan fingerprint density at radius 2 is 1.94 bits per heavy atom. The lowest BCUT2D eigenvalue weighted by atomic mass is 10.1. The lowest BCUT2D eigenvalue weighted by Crippen LogP contribution is -2.36. The van der Waals surface area contributed by atoms with Crippen molar-refractivity contribution in [1.29, 1.82) is 0 Å². The van der Waals surface area contributed by atoms with Crippen LogP contribution in [-0.4, -0.2) is 75.8 Å². The van der Waals surface area contributed by atoms with E-state index in [0.717, 1.165) is 0 Å². The molecular formula is C18H26N4O8S. The van der Waals surface area contributed by atoms with Crippen LogP contribution >= 0.6 is 12.2 Å². The molecule has 1 amide bonds. The van der Waals surface area contributed by atoms with Gasteiger partial charge in [-0.05, 0) is 39.9 Å². The van der Waals surface area contributed by atoms with E-state index in [9.17, 15) is 14.7 Å². The zero-order chi connectivity index (χ0) is 22.8. The molecule has 12 nitrogen and oxygen atoms in total. The van der Waals surface area contributed by atoms with Gasteiger partial charge in [-0.2, -0.15) is 0 Å². The highest BCUT2D eigenvalue weighted by Gasteiger charge is 2.56. The van der Waals surface area contributed by atoms with E-state index in [1.807, 2.05) is 0 Å². The van der Waals surface area contributed by atoms with Gasteiger partial charge in [0.05, 0.1) is 26.1 Å². The van der Waals surface area contributed by atoms with Crippen molar-refractivity contribution in [3.05, 3.63) is 12.0 Å². The molecule has 1 aromatic heterocycles. The molecule has 0 bridgehead atoms. The third-order valence-electron chi connectivity index (χ3n) is 4.56.